The quantitative estimate of drug-likeness (QED) is 0.519. The van der Waals surface area contributed by atoms with E-state index in [-0.39, 0.29) is 12.7 Å². The molecule has 0 atom stereocenters. The molecule has 8 heteroatoms. The van der Waals surface area contributed by atoms with Gasteiger partial charge < -0.3 is 29.2 Å². The predicted molar refractivity (Wildman–Crippen MR) is 128 cm³/mol. The summed E-state index contributed by atoms with van der Waals surface area (Å²) in [5.41, 5.74) is 1.38. The number of nitrogens with one attached hydrogen (secondary N) is 1. The summed E-state index contributed by atoms with van der Waals surface area (Å²) in [4.78, 5) is 25.5. The van der Waals surface area contributed by atoms with E-state index in [1.165, 1.54) is 0 Å². The van der Waals surface area contributed by atoms with Gasteiger partial charge in [0.05, 0.1) is 19.8 Å². The lowest BCUT2D eigenvalue weighted by atomic mass is 10.0. The summed E-state index contributed by atoms with van der Waals surface area (Å²) in [6.45, 7) is 8.68. The SMILES string of the molecule is CC(C)(C)OC(=O)N1CC(COCc2ccccc2OCCNC(=O)OCc2ccccc2)C1. The van der Waals surface area contributed by atoms with Crippen LogP contribution in [0.4, 0.5) is 9.59 Å². The van der Waals surface area contributed by atoms with Gasteiger partial charge in [0.1, 0.15) is 24.6 Å². The molecule has 8 nitrogen and oxygen atoms in total. The summed E-state index contributed by atoms with van der Waals surface area (Å²) in [6.07, 6.45) is -0.759. The van der Waals surface area contributed by atoms with E-state index in [1.54, 1.807) is 4.90 Å². The van der Waals surface area contributed by atoms with Crippen LogP contribution in [0.3, 0.4) is 0 Å². The second kappa shape index (κ2) is 12.3. The molecular weight excluding hydrogens is 436 g/mol. The van der Waals surface area contributed by atoms with E-state index in [0.29, 0.717) is 51.1 Å². The minimum atomic E-state index is -0.486. The third kappa shape index (κ3) is 8.59. The molecule has 1 fully saturated rings. The summed E-state index contributed by atoms with van der Waals surface area (Å²) in [6, 6.07) is 17.2. The molecule has 3 rings (SSSR count). The first-order valence-corrected chi connectivity index (χ1v) is 11.5. The molecule has 0 spiro atoms. The summed E-state index contributed by atoms with van der Waals surface area (Å²) in [5.74, 6) is 1.01. The highest BCUT2D eigenvalue weighted by molar-refractivity contribution is 5.69. The van der Waals surface area contributed by atoms with Crippen molar-refractivity contribution in [3.05, 3.63) is 65.7 Å². The first-order chi connectivity index (χ1) is 16.3. The molecule has 0 aromatic heterocycles. The van der Waals surface area contributed by atoms with Crippen LogP contribution in [-0.4, -0.2) is 55.5 Å². The number of carbonyl (C=O) groups excluding carboxylic acids is 2. The van der Waals surface area contributed by atoms with E-state index >= 15 is 0 Å². The van der Waals surface area contributed by atoms with Crippen LogP contribution in [0, 0.1) is 5.92 Å². The number of para-hydroxylation sites is 1. The first kappa shape index (κ1) is 25.4. The van der Waals surface area contributed by atoms with Gasteiger partial charge in [-0.25, -0.2) is 9.59 Å². The zero-order valence-electron chi connectivity index (χ0n) is 20.1. The highest BCUT2D eigenvalue weighted by Gasteiger charge is 2.33. The van der Waals surface area contributed by atoms with Crippen molar-refractivity contribution in [1.82, 2.24) is 10.2 Å². The molecule has 1 aliphatic rings. The number of amides is 2. The van der Waals surface area contributed by atoms with Gasteiger partial charge in [-0.05, 0) is 32.4 Å². The molecule has 0 aliphatic carbocycles. The molecule has 2 aromatic rings. The van der Waals surface area contributed by atoms with Crippen molar-refractivity contribution < 1.29 is 28.5 Å². The van der Waals surface area contributed by atoms with Gasteiger partial charge in [-0.1, -0.05) is 48.5 Å². The van der Waals surface area contributed by atoms with Gasteiger partial charge in [0, 0.05) is 24.6 Å². The molecule has 0 radical (unpaired) electrons. The third-order valence-corrected chi connectivity index (χ3v) is 5.03. The highest BCUT2D eigenvalue weighted by Crippen LogP contribution is 2.22. The van der Waals surface area contributed by atoms with Crippen LogP contribution in [0.2, 0.25) is 0 Å². The van der Waals surface area contributed by atoms with Crippen LogP contribution in [0.1, 0.15) is 31.9 Å². The Morgan fingerprint density at radius 2 is 1.71 bits per heavy atom. The van der Waals surface area contributed by atoms with E-state index in [1.807, 2.05) is 75.4 Å². The number of likely N-dealkylation sites (tertiary alicyclic amines) is 1. The Morgan fingerprint density at radius 1 is 1.00 bits per heavy atom. The predicted octanol–water partition coefficient (Wildman–Crippen LogP) is 4.38. The van der Waals surface area contributed by atoms with Gasteiger partial charge in [0.25, 0.3) is 0 Å². The smallest absolute Gasteiger partial charge is 0.410 e. The number of alkyl carbamates (subject to hydrolysis) is 1. The Bertz CT molecular complexity index is 922. The topological polar surface area (TPSA) is 86.3 Å². The Morgan fingerprint density at radius 3 is 2.44 bits per heavy atom. The van der Waals surface area contributed by atoms with E-state index in [4.69, 9.17) is 18.9 Å². The van der Waals surface area contributed by atoms with Crippen LogP contribution in [0.25, 0.3) is 0 Å². The maximum atomic E-state index is 12.0. The fourth-order valence-electron chi connectivity index (χ4n) is 3.34. The zero-order chi connectivity index (χ0) is 24.4. The molecular formula is C26H34N2O6. The number of rotatable bonds is 10. The lowest BCUT2D eigenvalue weighted by molar-refractivity contribution is -0.0228. The Kier molecular flexibility index (Phi) is 9.16. The van der Waals surface area contributed by atoms with Crippen LogP contribution >= 0.6 is 0 Å². The number of benzene rings is 2. The summed E-state index contributed by atoms with van der Waals surface area (Å²) < 4.78 is 22.2. The van der Waals surface area contributed by atoms with Crippen LogP contribution in [0.5, 0.6) is 5.75 Å². The normalized spacial score (nSPS) is 13.7. The molecule has 1 aliphatic heterocycles. The van der Waals surface area contributed by atoms with Gasteiger partial charge in [-0.3, -0.25) is 0 Å². The van der Waals surface area contributed by atoms with Gasteiger partial charge >= 0.3 is 12.2 Å². The lowest BCUT2D eigenvalue weighted by Crippen LogP contribution is -2.53. The summed E-state index contributed by atoms with van der Waals surface area (Å²) in [5, 5.41) is 2.68. The van der Waals surface area contributed by atoms with E-state index in [9.17, 15) is 9.59 Å². The lowest BCUT2D eigenvalue weighted by Gasteiger charge is -2.39. The van der Waals surface area contributed by atoms with Crippen molar-refractivity contribution in [2.45, 2.75) is 39.6 Å². The van der Waals surface area contributed by atoms with Crippen molar-refractivity contribution in [3.63, 3.8) is 0 Å². The van der Waals surface area contributed by atoms with Crippen molar-refractivity contribution in [1.29, 1.82) is 0 Å². The number of ether oxygens (including phenoxy) is 4. The van der Waals surface area contributed by atoms with Gasteiger partial charge in [0.15, 0.2) is 0 Å². The van der Waals surface area contributed by atoms with E-state index in [0.717, 1.165) is 11.1 Å². The van der Waals surface area contributed by atoms with E-state index < -0.39 is 11.7 Å². The van der Waals surface area contributed by atoms with Crippen molar-refractivity contribution in [2.24, 2.45) is 5.92 Å². The molecule has 2 amide bonds. The van der Waals surface area contributed by atoms with Gasteiger partial charge in [0.2, 0.25) is 0 Å². The number of carbonyl (C=O) groups is 2. The van der Waals surface area contributed by atoms with Gasteiger partial charge in [-0.15, -0.1) is 0 Å². The van der Waals surface area contributed by atoms with Gasteiger partial charge in [-0.2, -0.15) is 0 Å². The Hall–Kier alpha value is -3.26. The Labute approximate surface area is 201 Å². The third-order valence-electron chi connectivity index (χ3n) is 5.03. The Balaban J connectivity index is 1.30. The number of nitrogens with zero attached hydrogens (tertiary/aromatic N) is 1. The molecule has 0 unspecified atom stereocenters. The molecule has 0 bridgehead atoms. The molecule has 2 aromatic carbocycles. The average molecular weight is 471 g/mol. The van der Waals surface area contributed by atoms with Crippen molar-refractivity contribution >= 4 is 12.2 Å². The minimum absolute atomic E-state index is 0.226. The number of hydrogen-bond donors (Lipinski definition) is 1. The number of hydrogen-bond acceptors (Lipinski definition) is 6. The highest BCUT2D eigenvalue weighted by atomic mass is 16.6. The molecule has 1 N–H and O–H groups in total. The van der Waals surface area contributed by atoms with Crippen molar-refractivity contribution in [2.75, 3.05) is 32.8 Å². The van der Waals surface area contributed by atoms with Crippen LogP contribution in [-0.2, 0) is 27.4 Å². The molecule has 184 valence electrons. The monoisotopic (exact) mass is 470 g/mol. The fraction of sp³-hybridized carbons (Fsp3) is 0.462. The van der Waals surface area contributed by atoms with Crippen molar-refractivity contribution in [3.8, 4) is 5.75 Å². The second-order valence-corrected chi connectivity index (χ2v) is 9.21. The second-order valence-electron chi connectivity index (χ2n) is 9.21. The van der Waals surface area contributed by atoms with Crippen LogP contribution in [0.15, 0.2) is 54.6 Å². The largest absolute Gasteiger partial charge is 0.491 e. The standard InChI is InChI=1S/C26H34N2O6/c1-26(2,3)34-25(30)28-15-21(16-28)17-31-19-22-11-7-8-12-23(22)32-14-13-27-24(29)33-18-20-9-5-4-6-10-20/h4-12,21H,13-19H2,1-3H3,(H,27,29). The zero-order valence-corrected chi connectivity index (χ0v) is 20.1. The van der Waals surface area contributed by atoms with E-state index in [2.05, 4.69) is 5.32 Å². The summed E-state index contributed by atoms with van der Waals surface area (Å²) in [7, 11) is 0. The average Bonchev–Trinajstić information content (AvgIpc) is 2.77. The maximum Gasteiger partial charge on any atom is 0.410 e. The molecule has 0 saturated carbocycles. The maximum absolute atomic E-state index is 12.0. The molecule has 34 heavy (non-hydrogen) atoms. The fourth-order valence-corrected chi connectivity index (χ4v) is 3.34. The molecule has 1 saturated heterocycles. The molecule has 1 heterocycles. The van der Waals surface area contributed by atoms with Crippen LogP contribution < -0.4 is 10.1 Å². The summed E-state index contributed by atoms with van der Waals surface area (Å²) >= 11 is 0. The first-order valence-electron chi connectivity index (χ1n) is 11.5. The minimum Gasteiger partial charge on any atom is -0.491 e.